The molecule has 0 radical (unpaired) electrons. The van der Waals surface area contributed by atoms with Crippen LogP contribution in [0.3, 0.4) is 0 Å². The van der Waals surface area contributed by atoms with Crippen LogP contribution in [-0.2, 0) is 24.0 Å². The second kappa shape index (κ2) is 6.53. The van der Waals surface area contributed by atoms with Crippen LogP contribution in [-0.4, -0.2) is 12.6 Å². The first-order valence-corrected chi connectivity index (χ1v) is 8.61. The minimum atomic E-state index is -0.266. The Morgan fingerprint density at radius 1 is 1.36 bits per heavy atom. The van der Waals surface area contributed by atoms with Crippen molar-refractivity contribution in [2.45, 2.75) is 32.6 Å². The minimum Gasteiger partial charge on any atom is -0.462 e. The number of benzene rings is 1. The number of anilines is 1. The molecule has 4 heteroatoms. The Bertz CT molecular complexity index is 663. The van der Waals surface area contributed by atoms with Crippen molar-refractivity contribution >= 4 is 22.3 Å². The van der Waals surface area contributed by atoms with E-state index in [-0.39, 0.29) is 5.97 Å². The number of aryl methyl sites for hydroxylation is 1. The highest BCUT2D eigenvalue weighted by atomic mass is 32.1. The number of hydrogen-bond donors (Lipinski definition) is 1. The molecule has 1 aromatic heterocycles. The molecule has 0 saturated heterocycles. The Balaban J connectivity index is 1.81. The van der Waals surface area contributed by atoms with E-state index in [2.05, 4.69) is 24.3 Å². The maximum Gasteiger partial charge on any atom is 0.341 e. The van der Waals surface area contributed by atoms with E-state index in [0.29, 0.717) is 23.1 Å². The molecule has 1 atom stereocenters. The summed E-state index contributed by atoms with van der Waals surface area (Å²) in [5.41, 5.74) is 9.18. The number of nitrogens with two attached hydrogens (primary N) is 1. The van der Waals surface area contributed by atoms with Crippen LogP contribution in [0.5, 0.6) is 0 Å². The first kappa shape index (κ1) is 15.1. The first-order chi connectivity index (χ1) is 10.7. The quantitative estimate of drug-likeness (QED) is 0.872. The van der Waals surface area contributed by atoms with Crippen LogP contribution >= 0.6 is 11.3 Å². The monoisotopic (exact) mass is 315 g/mol. The Morgan fingerprint density at radius 2 is 2.14 bits per heavy atom. The van der Waals surface area contributed by atoms with Crippen molar-refractivity contribution in [3.63, 3.8) is 0 Å². The summed E-state index contributed by atoms with van der Waals surface area (Å²) in [7, 11) is 0. The van der Waals surface area contributed by atoms with E-state index in [4.69, 9.17) is 10.5 Å². The Labute approximate surface area is 135 Å². The van der Waals surface area contributed by atoms with Gasteiger partial charge < -0.3 is 10.5 Å². The highest BCUT2D eigenvalue weighted by Crippen LogP contribution is 2.39. The zero-order valence-corrected chi connectivity index (χ0v) is 13.6. The number of hydrogen-bond acceptors (Lipinski definition) is 4. The molecule has 0 fully saturated rings. The maximum absolute atomic E-state index is 12.2. The van der Waals surface area contributed by atoms with Gasteiger partial charge in [-0.1, -0.05) is 30.3 Å². The van der Waals surface area contributed by atoms with Crippen molar-refractivity contribution in [3.05, 3.63) is 51.9 Å². The van der Waals surface area contributed by atoms with E-state index in [0.717, 1.165) is 31.2 Å². The Hall–Kier alpha value is -1.81. The molecular formula is C18H21NO2S. The van der Waals surface area contributed by atoms with Crippen LogP contribution in [0, 0.1) is 5.92 Å². The predicted molar refractivity (Wildman–Crippen MR) is 90.3 cm³/mol. The predicted octanol–water partition coefficient (Wildman–Crippen LogP) is 3.85. The first-order valence-electron chi connectivity index (χ1n) is 7.80. The number of nitrogen functional groups attached to an aromatic ring is 1. The van der Waals surface area contributed by atoms with Gasteiger partial charge in [-0.3, -0.25) is 0 Å². The molecule has 0 spiro atoms. The molecular weight excluding hydrogens is 294 g/mol. The van der Waals surface area contributed by atoms with Crippen molar-refractivity contribution in [1.82, 2.24) is 0 Å². The molecule has 3 nitrogen and oxygen atoms in total. The van der Waals surface area contributed by atoms with E-state index in [1.807, 2.05) is 13.0 Å². The summed E-state index contributed by atoms with van der Waals surface area (Å²) < 4.78 is 5.17. The standard InChI is InChI=1S/C18H21NO2S/c1-2-21-18(20)16-14-11-13(8-9-15(14)22-17(16)19)10-12-6-4-3-5-7-12/h3-7,13H,2,8-11,19H2,1H3. The van der Waals surface area contributed by atoms with Crippen LogP contribution < -0.4 is 5.73 Å². The third-order valence-corrected chi connectivity index (χ3v) is 5.36. The van der Waals surface area contributed by atoms with Crippen molar-refractivity contribution in [2.24, 2.45) is 5.92 Å². The molecule has 22 heavy (non-hydrogen) atoms. The summed E-state index contributed by atoms with van der Waals surface area (Å²) in [5.74, 6) is 0.301. The van der Waals surface area contributed by atoms with Crippen molar-refractivity contribution in [3.8, 4) is 0 Å². The lowest BCUT2D eigenvalue weighted by Gasteiger charge is -2.23. The van der Waals surface area contributed by atoms with E-state index >= 15 is 0 Å². The highest BCUT2D eigenvalue weighted by molar-refractivity contribution is 7.16. The molecule has 0 bridgehead atoms. The molecule has 0 saturated carbocycles. The second-order valence-corrected chi connectivity index (χ2v) is 6.90. The van der Waals surface area contributed by atoms with Crippen LogP contribution in [0.2, 0.25) is 0 Å². The van der Waals surface area contributed by atoms with Crippen LogP contribution in [0.15, 0.2) is 30.3 Å². The topological polar surface area (TPSA) is 52.3 Å². The molecule has 1 heterocycles. The van der Waals surface area contributed by atoms with Crippen LogP contribution in [0.25, 0.3) is 0 Å². The molecule has 1 aromatic carbocycles. The SMILES string of the molecule is CCOC(=O)c1c(N)sc2c1CC(Cc1ccccc1)CC2. The van der Waals surface area contributed by atoms with E-state index < -0.39 is 0 Å². The zero-order chi connectivity index (χ0) is 15.5. The summed E-state index contributed by atoms with van der Waals surface area (Å²) in [4.78, 5) is 13.4. The number of rotatable bonds is 4. The van der Waals surface area contributed by atoms with Gasteiger partial charge in [0.25, 0.3) is 0 Å². The molecule has 2 aromatic rings. The summed E-state index contributed by atoms with van der Waals surface area (Å²) in [6, 6.07) is 10.5. The van der Waals surface area contributed by atoms with Crippen molar-refractivity contribution < 1.29 is 9.53 Å². The zero-order valence-electron chi connectivity index (χ0n) is 12.8. The number of carbonyl (C=O) groups excluding carboxylic acids is 1. The second-order valence-electron chi connectivity index (χ2n) is 5.76. The number of fused-ring (bicyclic) bond motifs is 1. The average Bonchev–Trinajstić information content (AvgIpc) is 2.84. The van der Waals surface area contributed by atoms with E-state index in [9.17, 15) is 4.79 Å². The number of ether oxygens (including phenoxy) is 1. The van der Waals surface area contributed by atoms with Gasteiger partial charge >= 0.3 is 5.97 Å². The fourth-order valence-corrected chi connectivity index (χ4v) is 4.33. The lowest BCUT2D eigenvalue weighted by Crippen LogP contribution is -2.18. The van der Waals surface area contributed by atoms with Gasteiger partial charge in [0.1, 0.15) is 5.00 Å². The Morgan fingerprint density at radius 3 is 2.86 bits per heavy atom. The van der Waals surface area contributed by atoms with Crippen molar-refractivity contribution in [1.29, 1.82) is 0 Å². The molecule has 1 unspecified atom stereocenters. The molecule has 1 aliphatic rings. The van der Waals surface area contributed by atoms with Gasteiger partial charge in [-0.25, -0.2) is 4.79 Å². The lowest BCUT2D eigenvalue weighted by molar-refractivity contribution is 0.0526. The fraction of sp³-hybridized carbons (Fsp3) is 0.389. The van der Waals surface area contributed by atoms with Gasteiger partial charge in [0.15, 0.2) is 0 Å². The Kier molecular flexibility index (Phi) is 4.48. The van der Waals surface area contributed by atoms with Gasteiger partial charge in [0.05, 0.1) is 12.2 Å². The smallest absolute Gasteiger partial charge is 0.341 e. The average molecular weight is 315 g/mol. The maximum atomic E-state index is 12.2. The van der Waals surface area contributed by atoms with E-state index in [1.54, 1.807) is 11.3 Å². The number of esters is 1. The fourth-order valence-electron chi connectivity index (χ4n) is 3.23. The minimum absolute atomic E-state index is 0.266. The summed E-state index contributed by atoms with van der Waals surface area (Å²) in [5, 5.41) is 0.615. The van der Waals surface area contributed by atoms with E-state index in [1.165, 1.54) is 10.4 Å². The van der Waals surface area contributed by atoms with Gasteiger partial charge in [-0.2, -0.15) is 0 Å². The normalized spacial score (nSPS) is 17.0. The third kappa shape index (κ3) is 3.02. The summed E-state index contributed by atoms with van der Waals surface area (Å²) in [6.45, 7) is 2.21. The van der Waals surface area contributed by atoms with Crippen LogP contribution in [0.1, 0.15) is 39.7 Å². The number of thiophene rings is 1. The highest BCUT2D eigenvalue weighted by Gasteiger charge is 2.28. The number of carbonyl (C=O) groups is 1. The summed E-state index contributed by atoms with van der Waals surface area (Å²) >= 11 is 1.56. The van der Waals surface area contributed by atoms with Gasteiger partial charge in [-0.05, 0) is 49.7 Å². The van der Waals surface area contributed by atoms with Crippen LogP contribution in [0.4, 0.5) is 5.00 Å². The van der Waals surface area contributed by atoms with Gasteiger partial charge in [-0.15, -0.1) is 11.3 Å². The van der Waals surface area contributed by atoms with Gasteiger partial charge in [0, 0.05) is 4.88 Å². The molecule has 0 amide bonds. The largest absolute Gasteiger partial charge is 0.462 e. The van der Waals surface area contributed by atoms with Gasteiger partial charge in [0.2, 0.25) is 0 Å². The third-order valence-electron chi connectivity index (χ3n) is 4.24. The lowest BCUT2D eigenvalue weighted by atomic mass is 9.83. The molecule has 116 valence electrons. The molecule has 3 rings (SSSR count). The van der Waals surface area contributed by atoms with Crippen molar-refractivity contribution in [2.75, 3.05) is 12.3 Å². The molecule has 0 aliphatic heterocycles. The summed E-state index contributed by atoms with van der Waals surface area (Å²) in [6.07, 6.45) is 4.15. The molecule has 1 aliphatic carbocycles. The molecule has 2 N–H and O–H groups in total.